The van der Waals surface area contributed by atoms with Crippen LogP contribution in [0.25, 0.3) is 22.5 Å². The molecule has 15 nitrogen and oxygen atoms in total. The van der Waals surface area contributed by atoms with Crippen LogP contribution in [0.3, 0.4) is 0 Å². The number of carbonyl (C=O) groups excluding carboxylic acids is 4. The Bertz CT molecular complexity index is 2520. The van der Waals surface area contributed by atoms with E-state index in [1.807, 2.05) is 109 Å². The van der Waals surface area contributed by atoms with Crippen LogP contribution < -0.4 is 10.1 Å². The van der Waals surface area contributed by atoms with E-state index in [1.54, 1.807) is 22.2 Å². The first-order valence-corrected chi connectivity index (χ1v) is 20.5. The average Bonchev–Trinajstić information content (AvgIpc) is 4.17. The van der Waals surface area contributed by atoms with Crippen molar-refractivity contribution < 1.29 is 33.4 Å². The second kappa shape index (κ2) is 18.8. The summed E-state index contributed by atoms with van der Waals surface area (Å²) in [6.45, 7) is 1.10. The van der Waals surface area contributed by atoms with Gasteiger partial charge in [-0.15, -0.1) is 0 Å². The van der Waals surface area contributed by atoms with Crippen molar-refractivity contribution in [2.45, 2.75) is 49.7 Å². The van der Waals surface area contributed by atoms with Crippen molar-refractivity contribution in [2.75, 3.05) is 27.3 Å². The maximum atomic E-state index is 14.0. The second-order valence-electron chi connectivity index (χ2n) is 15.0. The highest BCUT2D eigenvalue weighted by molar-refractivity contribution is 6.01. The fraction of sp³-hybridized carbons (Fsp3) is 0.255. The first kappa shape index (κ1) is 41.2. The largest absolute Gasteiger partial charge is 0.457 e. The molecule has 2 aromatic heterocycles. The lowest BCUT2D eigenvalue weighted by molar-refractivity contribution is -0.134. The van der Waals surface area contributed by atoms with Gasteiger partial charge in [0.05, 0.1) is 56.0 Å². The van der Waals surface area contributed by atoms with E-state index in [-0.39, 0.29) is 23.9 Å². The minimum absolute atomic E-state index is 0.165. The third kappa shape index (κ3) is 9.11. The lowest BCUT2D eigenvalue weighted by atomic mass is 9.98. The molecule has 4 heterocycles. The Morgan fingerprint density at radius 3 is 1.68 bits per heavy atom. The molecule has 0 radical (unpaired) electrons. The van der Waals surface area contributed by atoms with E-state index in [1.165, 1.54) is 20.4 Å². The summed E-state index contributed by atoms with van der Waals surface area (Å²) in [6, 6.07) is 32.3. The Balaban J connectivity index is 0.899. The maximum Gasteiger partial charge on any atom is 0.432 e. The number of benzene rings is 4. The van der Waals surface area contributed by atoms with Crippen molar-refractivity contribution in [1.82, 2.24) is 35.1 Å². The number of hydrogen-bond donors (Lipinski definition) is 3. The van der Waals surface area contributed by atoms with E-state index < -0.39 is 24.1 Å². The molecule has 2 aliphatic rings. The van der Waals surface area contributed by atoms with Gasteiger partial charge in [0.2, 0.25) is 5.91 Å². The molecule has 6 aromatic rings. The molecule has 1 unspecified atom stereocenters. The number of alkyl carbamates (subject to hydrolysis) is 1. The third-order valence-corrected chi connectivity index (χ3v) is 11.2. The number of amides is 4. The number of imidazole rings is 2. The molecule has 8 rings (SSSR count). The Labute approximate surface area is 358 Å². The van der Waals surface area contributed by atoms with Crippen molar-refractivity contribution in [3.8, 4) is 34.0 Å². The van der Waals surface area contributed by atoms with E-state index in [0.717, 1.165) is 53.8 Å². The van der Waals surface area contributed by atoms with Gasteiger partial charge in [0.15, 0.2) is 0 Å². The summed E-state index contributed by atoms with van der Waals surface area (Å²) >= 11 is 0. The number of carbonyl (C=O) groups is 4. The smallest absolute Gasteiger partial charge is 0.432 e. The molecule has 0 saturated carbocycles. The Morgan fingerprint density at radius 1 is 0.677 bits per heavy atom. The fourth-order valence-electron chi connectivity index (χ4n) is 8.07. The zero-order chi connectivity index (χ0) is 43.0. The number of hydrogen-bond acceptors (Lipinski definition) is 9. The zero-order valence-electron chi connectivity index (χ0n) is 34.3. The Morgan fingerprint density at radius 2 is 1.18 bits per heavy atom. The van der Waals surface area contributed by atoms with Crippen LogP contribution in [-0.4, -0.2) is 87.3 Å². The van der Waals surface area contributed by atoms with Crippen LogP contribution in [0.4, 0.5) is 9.59 Å². The molecule has 2 aliphatic heterocycles. The molecule has 2 saturated heterocycles. The number of aromatic amines is 2. The summed E-state index contributed by atoms with van der Waals surface area (Å²) in [6.07, 6.45) is 6.54. The quantitative estimate of drug-likeness (QED) is 0.102. The summed E-state index contributed by atoms with van der Waals surface area (Å²) in [7, 11) is 2.52. The predicted octanol–water partition coefficient (Wildman–Crippen LogP) is 8.30. The number of ether oxygens (including phenoxy) is 3. The topological polar surface area (TPSA) is 184 Å². The van der Waals surface area contributed by atoms with Gasteiger partial charge in [-0.05, 0) is 96.5 Å². The molecular weight excluding hydrogens is 789 g/mol. The molecule has 0 aliphatic carbocycles. The van der Waals surface area contributed by atoms with Crippen molar-refractivity contribution in [3.63, 3.8) is 0 Å². The first-order valence-electron chi connectivity index (χ1n) is 20.5. The minimum Gasteiger partial charge on any atom is -0.457 e. The molecule has 0 spiro atoms. The van der Waals surface area contributed by atoms with E-state index >= 15 is 0 Å². The molecule has 4 amide bonds. The number of H-pyrrole nitrogens is 2. The summed E-state index contributed by atoms with van der Waals surface area (Å²) in [5.41, 5.74) is 4.81. The standard InChI is InChI=1S/C47H46N8O7/c1-60-46(58)50-27-36(30-11-5-3-6-12-30)44(56)54-25-9-15-39(54)42-48-28-37(51-42)31-17-21-34(22-18-31)62-35-23-19-32(20-24-35)38-29-49-43(52-38)40-16-10-26-55(40)45(57)41(53-47(59)61-2)33-13-7-4-8-14-33/h3-8,11-14,17-24,27-29,36,39-41H,9-10,15-16,25-26H2,1-2H3,(H,48,51)(H,49,52)(H,53,59)/t36?,39-,40-,41+/m0/s1. The molecular formula is C47H46N8O7. The summed E-state index contributed by atoms with van der Waals surface area (Å²) in [5.74, 6) is 1.52. The fourth-order valence-corrected chi connectivity index (χ4v) is 8.07. The number of nitrogens with zero attached hydrogens (tertiary/aromatic N) is 5. The van der Waals surface area contributed by atoms with Crippen LogP contribution >= 0.6 is 0 Å². The number of rotatable bonds is 12. The van der Waals surface area contributed by atoms with Gasteiger partial charge in [0.25, 0.3) is 5.91 Å². The molecule has 4 atom stereocenters. The normalized spacial score (nSPS) is 17.1. The molecule has 3 N–H and O–H groups in total. The predicted molar refractivity (Wildman–Crippen MR) is 230 cm³/mol. The average molecular weight is 835 g/mol. The molecule has 62 heavy (non-hydrogen) atoms. The van der Waals surface area contributed by atoms with E-state index in [9.17, 15) is 19.2 Å². The lowest BCUT2D eigenvalue weighted by Gasteiger charge is -2.28. The van der Waals surface area contributed by atoms with Crippen molar-refractivity contribution >= 4 is 30.2 Å². The van der Waals surface area contributed by atoms with Crippen LogP contribution in [0.15, 0.2) is 127 Å². The van der Waals surface area contributed by atoms with E-state index in [2.05, 4.69) is 35.0 Å². The van der Waals surface area contributed by atoms with Crippen molar-refractivity contribution in [1.29, 1.82) is 0 Å². The Hall–Kier alpha value is -7.55. The number of nitrogens with one attached hydrogen (secondary N) is 3. The number of methoxy groups -OCH3 is 2. The maximum absolute atomic E-state index is 14.0. The van der Waals surface area contributed by atoms with Gasteiger partial charge in [-0.3, -0.25) is 9.59 Å². The Kier molecular flexibility index (Phi) is 12.5. The molecule has 316 valence electrons. The number of aromatic nitrogens is 4. The number of aliphatic imine (C=N–C) groups is 1. The van der Waals surface area contributed by atoms with Crippen molar-refractivity contribution in [3.05, 3.63) is 144 Å². The van der Waals surface area contributed by atoms with Crippen LogP contribution in [0.2, 0.25) is 0 Å². The van der Waals surface area contributed by atoms with Gasteiger partial charge in [0, 0.05) is 19.3 Å². The lowest BCUT2D eigenvalue weighted by Crippen LogP contribution is -2.42. The zero-order valence-corrected chi connectivity index (χ0v) is 34.3. The summed E-state index contributed by atoms with van der Waals surface area (Å²) < 4.78 is 15.7. The van der Waals surface area contributed by atoms with Gasteiger partial charge in [-0.1, -0.05) is 60.7 Å². The van der Waals surface area contributed by atoms with Gasteiger partial charge in [-0.2, -0.15) is 4.99 Å². The van der Waals surface area contributed by atoms with E-state index in [4.69, 9.17) is 9.47 Å². The monoisotopic (exact) mass is 834 g/mol. The second-order valence-corrected chi connectivity index (χ2v) is 15.0. The minimum atomic E-state index is -0.893. The third-order valence-electron chi connectivity index (χ3n) is 11.2. The molecule has 4 aromatic carbocycles. The van der Waals surface area contributed by atoms with Gasteiger partial charge >= 0.3 is 12.2 Å². The van der Waals surface area contributed by atoms with Crippen molar-refractivity contribution in [2.24, 2.45) is 4.99 Å². The SMILES string of the molecule is COC(=O)N=CC(C(=O)N1CCC[C@H]1c1ncc(-c2ccc(Oc3ccc(-c4cnc([C@@H]5CCCN5C(=O)[C@H](NC(=O)OC)c5ccccc5)[nH]4)cc3)cc2)[nH]1)c1ccccc1. The molecule has 15 heteroatoms. The van der Waals surface area contributed by atoms with E-state index in [0.29, 0.717) is 41.8 Å². The van der Waals surface area contributed by atoms with Crippen LogP contribution in [0.1, 0.15) is 72.5 Å². The number of likely N-dealkylation sites (tertiary alicyclic amines) is 2. The van der Waals surface area contributed by atoms with Crippen LogP contribution in [-0.2, 0) is 19.1 Å². The molecule has 2 fully saturated rings. The van der Waals surface area contributed by atoms with Crippen LogP contribution in [0, 0.1) is 0 Å². The van der Waals surface area contributed by atoms with Gasteiger partial charge < -0.3 is 39.3 Å². The summed E-state index contributed by atoms with van der Waals surface area (Å²) in [5, 5.41) is 2.70. The highest BCUT2D eigenvalue weighted by Gasteiger charge is 2.38. The van der Waals surface area contributed by atoms with Gasteiger partial charge in [0.1, 0.15) is 29.2 Å². The highest BCUT2D eigenvalue weighted by atomic mass is 16.5. The first-order chi connectivity index (χ1) is 30.3. The summed E-state index contributed by atoms with van der Waals surface area (Å²) in [4.78, 5) is 75.5. The molecule has 0 bridgehead atoms. The highest BCUT2D eigenvalue weighted by Crippen LogP contribution is 2.36. The van der Waals surface area contributed by atoms with Crippen LogP contribution in [0.5, 0.6) is 11.5 Å². The van der Waals surface area contributed by atoms with Gasteiger partial charge in [-0.25, -0.2) is 19.6 Å².